The van der Waals surface area contributed by atoms with Gasteiger partial charge in [0, 0.05) is 5.54 Å². The zero-order valence-corrected chi connectivity index (χ0v) is 17.7. The second-order valence-electron chi connectivity index (χ2n) is 7.53. The van der Waals surface area contributed by atoms with Crippen molar-refractivity contribution in [2.24, 2.45) is 0 Å². The second-order valence-corrected chi connectivity index (χ2v) is 9.14. The fourth-order valence-corrected chi connectivity index (χ4v) is 3.87. The molecule has 1 aromatic carbocycles. The summed E-state index contributed by atoms with van der Waals surface area (Å²) in [6.07, 6.45) is 1.25. The van der Waals surface area contributed by atoms with Gasteiger partial charge in [-0.3, -0.25) is 20.4 Å². The molecule has 0 saturated heterocycles. The first-order chi connectivity index (χ1) is 14.5. The van der Waals surface area contributed by atoms with Gasteiger partial charge in [-0.25, -0.2) is 17.8 Å². The predicted octanol–water partition coefficient (Wildman–Crippen LogP) is 1.32. The van der Waals surface area contributed by atoms with E-state index in [4.69, 9.17) is 4.42 Å². The molecule has 164 valence electrons. The van der Waals surface area contributed by atoms with Crippen molar-refractivity contribution in [3.8, 4) is 11.4 Å². The molecule has 0 aliphatic heterocycles. The summed E-state index contributed by atoms with van der Waals surface area (Å²) < 4.78 is 33.3. The third kappa shape index (κ3) is 5.29. The molecule has 2 heterocycles. The van der Waals surface area contributed by atoms with Gasteiger partial charge in [-0.1, -0.05) is 18.2 Å². The number of hydrogen-bond acceptors (Lipinski definition) is 7. The van der Waals surface area contributed by atoms with Crippen LogP contribution in [0.1, 0.15) is 41.8 Å². The normalized spacial score (nSPS) is 11.8. The molecule has 4 N–H and O–H groups in total. The highest BCUT2D eigenvalue weighted by Gasteiger charge is 2.26. The Kier molecular flexibility index (Phi) is 5.86. The lowest BCUT2D eigenvalue weighted by Gasteiger charge is -2.18. The zero-order chi connectivity index (χ0) is 22.8. The largest absolute Gasteiger partial charge is 0.504 e. The SMILES string of the molecule is CC(C)(C)NS(=O)(=O)c1ccc(C(=O)NNC(=O)c2nn(-c3ccccc3)cc2O)o1. The molecule has 0 fully saturated rings. The number of carbonyl (C=O) groups is 2. The highest BCUT2D eigenvalue weighted by Crippen LogP contribution is 2.18. The number of amides is 2. The fraction of sp³-hybridized carbons (Fsp3) is 0.211. The number of para-hydroxylation sites is 1. The van der Waals surface area contributed by atoms with Crippen LogP contribution in [0.25, 0.3) is 5.69 Å². The first-order valence-corrected chi connectivity index (χ1v) is 10.5. The van der Waals surface area contributed by atoms with Crippen LogP contribution in [0.2, 0.25) is 0 Å². The highest BCUT2D eigenvalue weighted by atomic mass is 32.2. The summed E-state index contributed by atoms with van der Waals surface area (Å²) in [5, 5.41) is 13.5. The molecule has 31 heavy (non-hydrogen) atoms. The zero-order valence-electron chi connectivity index (χ0n) is 16.9. The summed E-state index contributed by atoms with van der Waals surface area (Å²) >= 11 is 0. The summed E-state index contributed by atoms with van der Waals surface area (Å²) in [5.74, 6) is -2.51. The molecule has 0 aliphatic carbocycles. The van der Waals surface area contributed by atoms with Crippen LogP contribution in [-0.4, -0.2) is 40.7 Å². The Hall–Kier alpha value is -3.64. The molecule has 0 aliphatic rings. The van der Waals surface area contributed by atoms with Crippen LogP contribution in [-0.2, 0) is 10.0 Å². The average molecular weight is 447 g/mol. The Balaban J connectivity index is 1.66. The van der Waals surface area contributed by atoms with E-state index in [0.29, 0.717) is 5.69 Å². The molecular weight excluding hydrogens is 426 g/mol. The van der Waals surface area contributed by atoms with Gasteiger partial charge in [0.15, 0.2) is 17.2 Å². The third-order valence-corrected chi connectivity index (χ3v) is 5.36. The Morgan fingerprint density at radius 3 is 2.32 bits per heavy atom. The molecule has 12 heteroatoms. The Morgan fingerprint density at radius 1 is 1.03 bits per heavy atom. The number of aromatic nitrogens is 2. The Labute approximate surface area is 178 Å². The first kappa shape index (κ1) is 22.1. The standard InChI is InChI=1S/C19H21N5O6S/c1-19(2,3)23-31(28,29)15-10-9-14(30-15)17(26)20-21-18(27)16-13(25)11-24(22-16)12-7-5-4-6-8-12/h4-11,23,25H,1-3H3,(H,20,26)(H,21,27). The van der Waals surface area contributed by atoms with Crippen LogP contribution in [0, 0.1) is 0 Å². The summed E-state index contributed by atoms with van der Waals surface area (Å²) in [5.41, 5.74) is 3.73. The lowest BCUT2D eigenvalue weighted by molar-refractivity contribution is 0.0823. The number of nitrogens with one attached hydrogen (secondary N) is 3. The van der Waals surface area contributed by atoms with E-state index in [2.05, 4.69) is 20.7 Å². The smallest absolute Gasteiger partial charge is 0.305 e. The van der Waals surface area contributed by atoms with Gasteiger partial charge in [-0.2, -0.15) is 5.10 Å². The van der Waals surface area contributed by atoms with Crippen molar-refractivity contribution in [2.45, 2.75) is 31.4 Å². The number of benzene rings is 1. The van der Waals surface area contributed by atoms with Crippen molar-refractivity contribution in [2.75, 3.05) is 0 Å². The second kappa shape index (κ2) is 8.24. The first-order valence-electron chi connectivity index (χ1n) is 9.05. The Bertz CT molecular complexity index is 1210. The minimum absolute atomic E-state index is 0.318. The molecule has 11 nitrogen and oxygen atoms in total. The van der Waals surface area contributed by atoms with Gasteiger partial charge in [0.05, 0.1) is 11.9 Å². The number of hydrazine groups is 1. The number of sulfonamides is 1. The molecule has 2 aromatic heterocycles. The van der Waals surface area contributed by atoms with Gasteiger partial charge in [-0.05, 0) is 45.0 Å². The van der Waals surface area contributed by atoms with Crippen molar-refractivity contribution in [1.82, 2.24) is 25.4 Å². The molecule has 0 bridgehead atoms. The molecule has 3 aromatic rings. The fourth-order valence-electron chi connectivity index (χ4n) is 2.51. The monoisotopic (exact) mass is 447 g/mol. The predicted molar refractivity (Wildman–Crippen MR) is 109 cm³/mol. The van der Waals surface area contributed by atoms with E-state index >= 15 is 0 Å². The van der Waals surface area contributed by atoms with Crippen molar-refractivity contribution >= 4 is 21.8 Å². The van der Waals surface area contributed by atoms with Gasteiger partial charge >= 0.3 is 5.91 Å². The molecule has 0 radical (unpaired) electrons. The molecular formula is C19H21N5O6S. The van der Waals surface area contributed by atoms with Gasteiger partial charge in [0.25, 0.3) is 15.9 Å². The van der Waals surface area contributed by atoms with E-state index in [1.54, 1.807) is 51.1 Å². The average Bonchev–Trinajstić information content (AvgIpc) is 3.32. The number of rotatable bonds is 5. The van der Waals surface area contributed by atoms with E-state index in [1.165, 1.54) is 10.9 Å². The van der Waals surface area contributed by atoms with E-state index in [1.807, 2.05) is 0 Å². The van der Waals surface area contributed by atoms with Crippen LogP contribution in [0.5, 0.6) is 5.75 Å². The number of aromatic hydroxyl groups is 1. The van der Waals surface area contributed by atoms with Crippen molar-refractivity contribution < 1.29 is 27.5 Å². The highest BCUT2D eigenvalue weighted by molar-refractivity contribution is 7.89. The Morgan fingerprint density at radius 2 is 1.68 bits per heavy atom. The molecule has 0 spiro atoms. The molecule has 3 rings (SSSR count). The van der Waals surface area contributed by atoms with E-state index in [-0.39, 0.29) is 11.5 Å². The van der Waals surface area contributed by atoms with Gasteiger partial charge in [0.2, 0.25) is 5.09 Å². The molecule has 0 atom stereocenters. The summed E-state index contributed by atoms with van der Waals surface area (Å²) in [4.78, 5) is 24.5. The summed E-state index contributed by atoms with van der Waals surface area (Å²) in [7, 11) is -3.96. The number of carbonyl (C=O) groups excluding carboxylic acids is 2. The number of nitrogens with zero attached hydrogens (tertiary/aromatic N) is 2. The van der Waals surface area contributed by atoms with Crippen LogP contribution in [0.3, 0.4) is 0 Å². The third-order valence-electron chi connectivity index (χ3n) is 3.73. The van der Waals surface area contributed by atoms with Gasteiger partial charge in [0.1, 0.15) is 0 Å². The molecule has 0 saturated carbocycles. The number of hydrogen-bond donors (Lipinski definition) is 4. The van der Waals surface area contributed by atoms with Crippen LogP contribution >= 0.6 is 0 Å². The van der Waals surface area contributed by atoms with Gasteiger partial charge < -0.3 is 9.52 Å². The van der Waals surface area contributed by atoms with E-state index < -0.39 is 38.2 Å². The maximum Gasteiger partial charge on any atom is 0.305 e. The van der Waals surface area contributed by atoms with E-state index in [9.17, 15) is 23.1 Å². The van der Waals surface area contributed by atoms with Crippen molar-refractivity contribution in [1.29, 1.82) is 0 Å². The summed E-state index contributed by atoms with van der Waals surface area (Å²) in [6, 6.07) is 11.1. The molecule has 2 amide bonds. The minimum Gasteiger partial charge on any atom is -0.504 e. The van der Waals surface area contributed by atoms with Crippen molar-refractivity contribution in [3.63, 3.8) is 0 Å². The lowest BCUT2D eigenvalue weighted by atomic mass is 10.1. The summed E-state index contributed by atoms with van der Waals surface area (Å²) in [6.45, 7) is 4.97. The number of furan rings is 1. The van der Waals surface area contributed by atoms with Crippen molar-refractivity contribution in [3.05, 3.63) is 60.1 Å². The molecule has 0 unspecified atom stereocenters. The minimum atomic E-state index is -3.96. The van der Waals surface area contributed by atoms with Gasteiger partial charge in [-0.15, -0.1) is 0 Å². The topological polar surface area (TPSA) is 156 Å². The maximum absolute atomic E-state index is 12.3. The van der Waals surface area contributed by atoms with Crippen LogP contribution in [0.4, 0.5) is 0 Å². The van der Waals surface area contributed by atoms with Crippen LogP contribution in [0.15, 0.2) is 58.2 Å². The van der Waals surface area contributed by atoms with E-state index in [0.717, 1.165) is 12.1 Å². The van der Waals surface area contributed by atoms with Crippen LogP contribution < -0.4 is 15.6 Å². The lowest BCUT2D eigenvalue weighted by Crippen LogP contribution is -2.42. The maximum atomic E-state index is 12.3. The quantitative estimate of drug-likeness (QED) is 0.430.